The Labute approximate surface area is 125 Å². The van der Waals surface area contributed by atoms with Crippen LogP contribution in [0, 0.1) is 13.8 Å². The van der Waals surface area contributed by atoms with E-state index in [2.05, 4.69) is 38.1 Å². The van der Waals surface area contributed by atoms with Crippen LogP contribution in [-0.2, 0) is 16.1 Å². The maximum Gasteiger partial charge on any atom is 0.184 e. The molecule has 0 bridgehead atoms. The largest absolute Gasteiger partial charge is 0.489 e. The first-order valence-electron chi connectivity index (χ1n) is 7.25. The quantitative estimate of drug-likeness (QED) is 0.851. The molecule has 0 unspecified atom stereocenters. The molecule has 2 aromatic rings. The van der Waals surface area contributed by atoms with Gasteiger partial charge in [0.15, 0.2) is 6.29 Å². The van der Waals surface area contributed by atoms with Crippen molar-refractivity contribution in [2.24, 2.45) is 0 Å². The van der Waals surface area contributed by atoms with Crippen molar-refractivity contribution in [3.8, 4) is 5.75 Å². The summed E-state index contributed by atoms with van der Waals surface area (Å²) in [6.45, 7) is 5.95. The minimum atomic E-state index is -0.261. The number of hydrogen-bond donors (Lipinski definition) is 0. The Bertz CT molecular complexity index is 616. The van der Waals surface area contributed by atoms with Gasteiger partial charge >= 0.3 is 0 Å². The van der Waals surface area contributed by atoms with Crippen LogP contribution in [0.1, 0.15) is 28.5 Å². The highest BCUT2D eigenvalue weighted by atomic mass is 16.7. The van der Waals surface area contributed by atoms with Crippen molar-refractivity contribution >= 4 is 0 Å². The second kappa shape index (κ2) is 6.29. The summed E-state index contributed by atoms with van der Waals surface area (Å²) >= 11 is 0. The lowest BCUT2D eigenvalue weighted by Gasteiger charge is -2.16. The van der Waals surface area contributed by atoms with Crippen LogP contribution in [-0.4, -0.2) is 13.2 Å². The van der Waals surface area contributed by atoms with Gasteiger partial charge in [-0.25, -0.2) is 0 Å². The van der Waals surface area contributed by atoms with E-state index in [1.807, 2.05) is 18.2 Å². The summed E-state index contributed by atoms with van der Waals surface area (Å²) in [6.07, 6.45) is -0.261. The van der Waals surface area contributed by atoms with E-state index in [9.17, 15) is 0 Å². The van der Waals surface area contributed by atoms with Crippen LogP contribution < -0.4 is 4.74 Å². The Morgan fingerprint density at radius 1 is 1.05 bits per heavy atom. The topological polar surface area (TPSA) is 27.7 Å². The number of benzene rings is 2. The maximum absolute atomic E-state index is 5.99. The Morgan fingerprint density at radius 3 is 2.62 bits per heavy atom. The van der Waals surface area contributed by atoms with Crippen LogP contribution in [0.4, 0.5) is 0 Å². The first-order valence-corrected chi connectivity index (χ1v) is 7.25. The second-order valence-corrected chi connectivity index (χ2v) is 5.33. The molecule has 1 saturated heterocycles. The number of hydrogen-bond acceptors (Lipinski definition) is 3. The van der Waals surface area contributed by atoms with Crippen LogP contribution in [0.25, 0.3) is 0 Å². The molecule has 2 aromatic carbocycles. The Balaban J connectivity index is 1.77. The minimum absolute atomic E-state index is 0.261. The third-order valence-corrected chi connectivity index (χ3v) is 3.66. The van der Waals surface area contributed by atoms with Crippen LogP contribution in [0.3, 0.4) is 0 Å². The summed E-state index contributed by atoms with van der Waals surface area (Å²) in [7, 11) is 0. The molecule has 1 aliphatic heterocycles. The SMILES string of the molecule is Cc1ccc(C)c(OCc2ccccc2C2OCCO2)c1. The lowest BCUT2D eigenvalue weighted by molar-refractivity contribution is -0.0451. The van der Waals surface area contributed by atoms with E-state index in [0.29, 0.717) is 19.8 Å². The monoisotopic (exact) mass is 284 g/mol. The molecule has 3 rings (SSSR count). The molecule has 3 heteroatoms. The van der Waals surface area contributed by atoms with Crippen molar-refractivity contribution in [2.75, 3.05) is 13.2 Å². The average molecular weight is 284 g/mol. The maximum atomic E-state index is 5.99. The van der Waals surface area contributed by atoms with Gasteiger partial charge in [0.2, 0.25) is 0 Å². The zero-order chi connectivity index (χ0) is 14.7. The first kappa shape index (κ1) is 14.1. The van der Waals surface area contributed by atoms with Gasteiger partial charge in [0.1, 0.15) is 12.4 Å². The van der Waals surface area contributed by atoms with E-state index in [4.69, 9.17) is 14.2 Å². The van der Waals surface area contributed by atoms with E-state index in [-0.39, 0.29) is 6.29 Å². The van der Waals surface area contributed by atoms with Gasteiger partial charge in [-0.1, -0.05) is 36.4 Å². The molecule has 0 atom stereocenters. The van der Waals surface area contributed by atoms with Gasteiger partial charge in [-0.15, -0.1) is 0 Å². The molecular formula is C18H20O3. The predicted molar refractivity (Wildman–Crippen MR) is 81.3 cm³/mol. The number of ether oxygens (including phenoxy) is 3. The fourth-order valence-corrected chi connectivity index (χ4v) is 2.45. The fraction of sp³-hybridized carbons (Fsp3) is 0.333. The van der Waals surface area contributed by atoms with Crippen molar-refractivity contribution < 1.29 is 14.2 Å². The third kappa shape index (κ3) is 3.26. The third-order valence-electron chi connectivity index (χ3n) is 3.66. The summed E-state index contributed by atoms with van der Waals surface area (Å²) in [5.74, 6) is 0.929. The van der Waals surface area contributed by atoms with Gasteiger partial charge in [0.25, 0.3) is 0 Å². The minimum Gasteiger partial charge on any atom is -0.489 e. The molecule has 0 amide bonds. The zero-order valence-corrected chi connectivity index (χ0v) is 12.5. The molecule has 0 N–H and O–H groups in total. The van der Waals surface area contributed by atoms with Gasteiger partial charge in [-0.05, 0) is 36.6 Å². The predicted octanol–water partition coefficient (Wildman–Crippen LogP) is 3.93. The molecule has 0 aromatic heterocycles. The standard InChI is InChI=1S/C18H20O3/c1-13-7-8-14(2)17(11-13)21-12-15-5-3-4-6-16(15)18-19-9-10-20-18/h3-8,11,18H,9-10,12H2,1-2H3. The molecule has 0 saturated carbocycles. The van der Waals surface area contributed by atoms with Crippen LogP contribution in [0.5, 0.6) is 5.75 Å². The van der Waals surface area contributed by atoms with E-state index in [1.165, 1.54) is 5.56 Å². The van der Waals surface area contributed by atoms with E-state index in [0.717, 1.165) is 22.4 Å². The summed E-state index contributed by atoms with van der Waals surface area (Å²) in [6, 6.07) is 14.4. The summed E-state index contributed by atoms with van der Waals surface area (Å²) in [5.41, 5.74) is 4.50. The number of rotatable bonds is 4. The highest BCUT2D eigenvalue weighted by Crippen LogP contribution is 2.28. The molecule has 21 heavy (non-hydrogen) atoms. The van der Waals surface area contributed by atoms with E-state index < -0.39 is 0 Å². The summed E-state index contributed by atoms with van der Waals surface area (Å²) in [4.78, 5) is 0. The highest BCUT2D eigenvalue weighted by Gasteiger charge is 2.21. The van der Waals surface area contributed by atoms with Gasteiger partial charge < -0.3 is 14.2 Å². The van der Waals surface area contributed by atoms with Crippen molar-refractivity contribution in [1.82, 2.24) is 0 Å². The molecule has 0 radical (unpaired) electrons. The normalized spacial score (nSPS) is 15.3. The van der Waals surface area contributed by atoms with Crippen LogP contribution in [0.2, 0.25) is 0 Å². The molecule has 3 nitrogen and oxygen atoms in total. The molecule has 110 valence electrons. The molecule has 0 spiro atoms. The lowest BCUT2D eigenvalue weighted by atomic mass is 10.1. The van der Waals surface area contributed by atoms with Crippen LogP contribution >= 0.6 is 0 Å². The van der Waals surface area contributed by atoms with Gasteiger partial charge in [-0.3, -0.25) is 0 Å². The van der Waals surface area contributed by atoms with Crippen molar-refractivity contribution in [3.05, 3.63) is 64.7 Å². The molecular weight excluding hydrogens is 264 g/mol. The van der Waals surface area contributed by atoms with Crippen molar-refractivity contribution in [3.63, 3.8) is 0 Å². The summed E-state index contributed by atoms with van der Waals surface area (Å²) < 4.78 is 17.2. The smallest absolute Gasteiger partial charge is 0.184 e. The van der Waals surface area contributed by atoms with Gasteiger partial charge in [0, 0.05) is 5.56 Å². The van der Waals surface area contributed by atoms with E-state index in [1.54, 1.807) is 0 Å². The van der Waals surface area contributed by atoms with Crippen LogP contribution in [0.15, 0.2) is 42.5 Å². The van der Waals surface area contributed by atoms with Crippen molar-refractivity contribution in [1.29, 1.82) is 0 Å². The Kier molecular flexibility index (Phi) is 4.23. The molecule has 1 heterocycles. The Morgan fingerprint density at radius 2 is 1.81 bits per heavy atom. The second-order valence-electron chi connectivity index (χ2n) is 5.33. The molecule has 1 fully saturated rings. The molecule has 1 aliphatic rings. The lowest BCUT2D eigenvalue weighted by Crippen LogP contribution is -2.06. The fourth-order valence-electron chi connectivity index (χ4n) is 2.45. The average Bonchev–Trinajstić information content (AvgIpc) is 3.03. The first-order chi connectivity index (χ1) is 10.2. The highest BCUT2D eigenvalue weighted by molar-refractivity contribution is 5.36. The molecule has 0 aliphatic carbocycles. The van der Waals surface area contributed by atoms with Gasteiger partial charge in [-0.2, -0.15) is 0 Å². The summed E-state index contributed by atoms with van der Waals surface area (Å²) in [5, 5.41) is 0. The van der Waals surface area contributed by atoms with E-state index >= 15 is 0 Å². The Hall–Kier alpha value is -1.84. The number of aryl methyl sites for hydroxylation is 2. The van der Waals surface area contributed by atoms with Gasteiger partial charge in [0.05, 0.1) is 13.2 Å². The van der Waals surface area contributed by atoms with Crippen molar-refractivity contribution in [2.45, 2.75) is 26.7 Å². The zero-order valence-electron chi connectivity index (χ0n) is 12.5.